The number of thiazole rings is 1. The first kappa shape index (κ1) is 20.1. The minimum atomic E-state index is -0.257. The molecule has 8 heteroatoms. The van der Waals surface area contributed by atoms with Crippen molar-refractivity contribution in [2.75, 3.05) is 26.8 Å². The maximum Gasteiger partial charge on any atom is 0.310 e. The van der Waals surface area contributed by atoms with Crippen LogP contribution >= 0.6 is 11.3 Å². The molecule has 0 N–H and O–H groups in total. The van der Waals surface area contributed by atoms with E-state index in [1.807, 2.05) is 18.2 Å². The second kappa shape index (κ2) is 9.54. The number of rotatable bonds is 7. The molecule has 1 fully saturated rings. The molecule has 7 nitrogen and oxygen atoms in total. The first-order valence-electron chi connectivity index (χ1n) is 9.28. The Balaban J connectivity index is 1.58. The van der Waals surface area contributed by atoms with Crippen LogP contribution in [0.3, 0.4) is 0 Å². The summed E-state index contributed by atoms with van der Waals surface area (Å²) in [6.45, 7) is 3.42. The molecule has 1 aromatic heterocycles. The molecule has 1 atom stereocenters. The van der Waals surface area contributed by atoms with Crippen LogP contribution in [0.5, 0.6) is 11.5 Å². The topological polar surface area (TPSA) is 78.0 Å². The van der Waals surface area contributed by atoms with Crippen LogP contribution < -0.4 is 9.47 Å². The summed E-state index contributed by atoms with van der Waals surface area (Å²) in [6.07, 6.45) is 1.53. The van der Waals surface area contributed by atoms with Gasteiger partial charge in [-0.2, -0.15) is 0 Å². The average Bonchev–Trinajstić information content (AvgIpc) is 3.21. The van der Waals surface area contributed by atoms with Crippen LogP contribution in [0.2, 0.25) is 0 Å². The Morgan fingerprint density at radius 1 is 1.32 bits per heavy atom. The molecule has 1 aromatic carbocycles. The van der Waals surface area contributed by atoms with Gasteiger partial charge in [0.1, 0.15) is 28.8 Å². The Hall–Kier alpha value is -2.61. The van der Waals surface area contributed by atoms with Crippen molar-refractivity contribution < 1.29 is 23.8 Å². The highest BCUT2D eigenvalue weighted by Gasteiger charge is 2.30. The first-order chi connectivity index (χ1) is 13.6. The summed E-state index contributed by atoms with van der Waals surface area (Å²) >= 11 is 1.38. The molecule has 0 bridgehead atoms. The van der Waals surface area contributed by atoms with Gasteiger partial charge < -0.3 is 19.1 Å². The molecule has 3 rings (SSSR count). The molecule has 0 aliphatic carbocycles. The van der Waals surface area contributed by atoms with Crippen molar-refractivity contribution in [1.29, 1.82) is 0 Å². The number of carbonyl (C=O) groups excluding carboxylic acids is 2. The Morgan fingerprint density at radius 2 is 2.14 bits per heavy atom. The summed E-state index contributed by atoms with van der Waals surface area (Å²) < 4.78 is 16.0. The highest BCUT2D eigenvalue weighted by molar-refractivity contribution is 7.09. The average molecular weight is 404 g/mol. The van der Waals surface area contributed by atoms with Crippen molar-refractivity contribution in [1.82, 2.24) is 9.88 Å². The van der Waals surface area contributed by atoms with Gasteiger partial charge in [0.2, 0.25) is 0 Å². The third kappa shape index (κ3) is 5.01. The second-order valence-corrected chi connectivity index (χ2v) is 7.38. The lowest BCUT2D eigenvalue weighted by Gasteiger charge is -2.31. The Kier molecular flexibility index (Phi) is 6.86. The van der Waals surface area contributed by atoms with Gasteiger partial charge in [-0.15, -0.1) is 11.3 Å². The molecule has 1 aliphatic rings. The third-order valence-electron chi connectivity index (χ3n) is 4.50. The smallest absolute Gasteiger partial charge is 0.310 e. The van der Waals surface area contributed by atoms with Crippen LogP contribution in [0.4, 0.5) is 0 Å². The number of piperidine rings is 1. The summed E-state index contributed by atoms with van der Waals surface area (Å²) in [5.74, 6) is 0.750. The predicted octanol–water partition coefficient (Wildman–Crippen LogP) is 3.15. The van der Waals surface area contributed by atoms with Crippen LogP contribution in [0.15, 0.2) is 29.6 Å². The molecule has 2 aromatic rings. The Morgan fingerprint density at radius 3 is 2.93 bits per heavy atom. The number of hydrogen-bond donors (Lipinski definition) is 0. The predicted molar refractivity (Wildman–Crippen MR) is 105 cm³/mol. The standard InChI is InChI=1S/C20H24N2O5S/c1-3-26-20(24)14-6-5-9-22(11-14)19(23)17-13-28-18(21-17)12-27-16-8-4-7-15(10-16)25-2/h4,7-8,10,13-14H,3,5-6,9,11-12H2,1-2H3. The van der Waals surface area contributed by atoms with Crippen LogP contribution in [0, 0.1) is 5.92 Å². The minimum Gasteiger partial charge on any atom is -0.497 e. The highest BCUT2D eigenvalue weighted by atomic mass is 32.1. The number of ether oxygens (including phenoxy) is 3. The molecule has 1 saturated heterocycles. The van der Waals surface area contributed by atoms with E-state index in [2.05, 4.69) is 4.98 Å². The molecule has 2 heterocycles. The normalized spacial score (nSPS) is 16.5. The zero-order valence-electron chi connectivity index (χ0n) is 16.1. The quantitative estimate of drug-likeness (QED) is 0.660. The van der Waals surface area contributed by atoms with E-state index in [1.54, 1.807) is 30.4 Å². The lowest BCUT2D eigenvalue weighted by molar-refractivity contribution is -0.149. The van der Waals surface area contributed by atoms with E-state index in [9.17, 15) is 9.59 Å². The van der Waals surface area contributed by atoms with Crippen LogP contribution in [0.1, 0.15) is 35.3 Å². The van der Waals surface area contributed by atoms with Gasteiger partial charge in [0.25, 0.3) is 5.91 Å². The number of amides is 1. The summed E-state index contributed by atoms with van der Waals surface area (Å²) in [4.78, 5) is 30.8. The first-order valence-corrected chi connectivity index (χ1v) is 10.2. The highest BCUT2D eigenvalue weighted by Crippen LogP contribution is 2.23. The summed E-state index contributed by atoms with van der Waals surface area (Å²) in [6, 6.07) is 7.32. The summed E-state index contributed by atoms with van der Waals surface area (Å²) in [5.41, 5.74) is 0.388. The summed E-state index contributed by atoms with van der Waals surface area (Å²) in [5, 5.41) is 2.45. The largest absolute Gasteiger partial charge is 0.497 e. The number of esters is 1. The van der Waals surface area contributed by atoms with E-state index in [0.29, 0.717) is 41.9 Å². The number of aromatic nitrogens is 1. The summed E-state index contributed by atoms with van der Waals surface area (Å²) in [7, 11) is 1.60. The van der Waals surface area contributed by atoms with Crippen molar-refractivity contribution in [3.05, 3.63) is 40.3 Å². The molecule has 28 heavy (non-hydrogen) atoms. The zero-order chi connectivity index (χ0) is 19.9. The SMILES string of the molecule is CCOC(=O)C1CCCN(C(=O)c2csc(COc3cccc(OC)c3)n2)C1. The van der Waals surface area contributed by atoms with Gasteiger partial charge in [-0.25, -0.2) is 4.98 Å². The van der Waals surface area contributed by atoms with Gasteiger partial charge in [-0.05, 0) is 31.9 Å². The molecule has 1 unspecified atom stereocenters. The van der Waals surface area contributed by atoms with Crippen molar-refractivity contribution in [3.63, 3.8) is 0 Å². The van der Waals surface area contributed by atoms with Gasteiger partial charge in [0.15, 0.2) is 0 Å². The monoisotopic (exact) mass is 404 g/mol. The number of likely N-dealkylation sites (tertiary alicyclic amines) is 1. The number of hydrogen-bond acceptors (Lipinski definition) is 7. The van der Waals surface area contributed by atoms with Crippen molar-refractivity contribution in [2.45, 2.75) is 26.4 Å². The fraction of sp³-hybridized carbons (Fsp3) is 0.450. The van der Waals surface area contributed by atoms with E-state index >= 15 is 0 Å². The number of benzene rings is 1. The maximum absolute atomic E-state index is 12.8. The van der Waals surface area contributed by atoms with E-state index in [0.717, 1.165) is 12.8 Å². The van der Waals surface area contributed by atoms with Crippen molar-refractivity contribution >= 4 is 23.2 Å². The lowest BCUT2D eigenvalue weighted by atomic mass is 9.98. The van der Waals surface area contributed by atoms with Gasteiger partial charge in [-0.3, -0.25) is 9.59 Å². The number of methoxy groups -OCH3 is 1. The zero-order valence-corrected chi connectivity index (χ0v) is 16.9. The Labute approximate surface area is 168 Å². The van der Waals surface area contributed by atoms with E-state index in [4.69, 9.17) is 14.2 Å². The number of nitrogens with zero attached hydrogens (tertiary/aromatic N) is 2. The molecular formula is C20H24N2O5S. The molecule has 1 amide bonds. The van der Waals surface area contributed by atoms with Crippen LogP contribution in [0.25, 0.3) is 0 Å². The fourth-order valence-corrected chi connectivity index (χ4v) is 3.77. The lowest BCUT2D eigenvalue weighted by Crippen LogP contribution is -2.43. The van der Waals surface area contributed by atoms with Crippen LogP contribution in [-0.2, 0) is 16.1 Å². The fourth-order valence-electron chi connectivity index (χ4n) is 3.09. The molecule has 150 valence electrons. The van der Waals surface area contributed by atoms with Crippen molar-refractivity contribution in [2.24, 2.45) is 5.92 Å². The van der Waals surface area contributed by atoms with E-state index in [1.165, 1.54) is 11.3 Å². The number of carbonyl (C=O) groups is 2. The molecule has 0 spiro atoms. The van der Waals surface area contributed by atoms with E-state index in [-0.39, 0.29) is 24.4 Å². The Bertz CT molecular complexity index is 822. The molecule has 1 aliphatic heterocycles. The minimum absolute atomic E-state index is 0.155. The van der Waals surface area contributed by atoms with E-state index < -0.39 is 0 Å². The van der Waals surface area contributed by atoms with Gasteiger partial charge >= 0.3 is 5.97 Å². The maximum atomic E-state index is 12.8. The second-order valence-electron chi connectivity index (χ2n) is 6.44. The van der Waals surface area contributed by atoms with Gasteiger partial charge in [0, 0.05) is 24.5 Å². The van der Waals surface area contributed by atoms with Gasteiger partial charge in [-0.1, -0.05) is 6.07 Å². The molecule has 0 radical (unpaired) electrons. The molecule has 0 saturated carbocycles. The van der Waals surface area contributed by atoms with Crippen molar-refractivity contribution in [3.8, 4) is 11.5 Å². The third-order valence-corrected chi connectivity index (χ3v) is 5.33. The molecular weight excluding hydrogens is 380 g/mol. The van der Waals surface area contributed by atoms with Crippen LogP contribution in [-0.4, -0.2) is 48.6 Å². The van der Waals surface area contributed by atoms with Gasteiger partial charge in [0.05, 0.1) is 19.6 Å².